The van der Waals surface area contributed by atoms with Crippen LogP contribution in [0.15, 0.2) is 18.2 Å². The molecule has 17 heavy (non-hydrogen) atoms. The van der Waals surface area contributed by atoms with Crippen molar-refractivity contribution < 1.29 is 19.7 Å². The SMILES string of the molecule is CC(O)C(O)CCc1ccc2c(c1)OCCO2. The first kappa shape index (κ1) is 12.2. The van der Waals surface area contributed by atoms with Gasteiger partial charge in [-0.25, -0.2) is 0 Å². The molecule has 0 saturated heterocycles. The predicted molar refractivity (Wildman–Crippen MR) is 63.4 cm³/mol. The van der Waals surface area contributed by atoms with Crippen molar-refractivity contribution in [1.82, 2.24) is 0 Å². The van der Waals surface area contributed by atoms with Gasteiger partial charge in [0.15, 0.2) is 11.5 Å². The molecule has 1 aliphatic heterocycles. The lowest BCUT2D eigenvalue weighted by Crippen LogP contribution is -2.22. The first-order valence-electron chi connectivity index (χ1n) is 5.91. The Bertz CT molecular complexity index is 376. The number of fused-ring (bicyclic) bond motifs is 1. The smallest absolute Gasteiger partial charge is 0.161 e. The topological polar surface area (TPSA) is 58.9 Å². The average Bonchev–Trinajstić information content (AvgIpc) is 2.35. The van der Waals surface area contributed by atoms with Crippen molar-refractivity contribution in [1.29, 1.82) is 0 Å². The van der Waals surface area contributed by atoms with Gasteiger partial charge in [-0.1, -0.05) is 6.07 Å². The number of aliphatic hydroxyl groups is 2. The van der Waals surface area contributed by atoms with E-state index in [1.54, 1.807) is 6.92 Å². The summed E-state index contributed by atoms with van der Waals surface area (Å²) in [6.07, 6.45) is -0.115. The van der Waals surface area contributed by atoms with E-state index in [1.165, 1.54) is 0 Å². The van der Waals surface area contributed by atoms with Gasteiger partial charge >= 0.3 is 0 Å². The van der Waals surface area contributed by atoms with Crippen LogP contribution in [0.3, 0.4) is 0 Å². The van der Waals surface area contributed by atoms with E-state index in [4.69, 9.17) is 9.47 Å². The molecule has 0 spiro atoms. The minimum atomic E-state index is -0.688. The van der Waals surface area contributed by atoms with Gasteiger partial charge in [0.25, 0.3) is 0 Å². The summed E-state index contributed by atoms with van der Waals surface area (Å²) >= 11 is 0. The molecule has 0 radical (unpaired) electrons. The summed E-state index contributed by atoms with van der Waals surface area (Å²) in [7, 11) is 0. The number of hydrogen-bond acceptors (Lipinski definition) is 4. The zero-order valence-corrected chi connectivity index (χ0v) is 9.93. The molecule has 0 saturated carbocycles. The van der Waals surface area contributed by atoms with Crippen molar-refractivity contribution in [2.45, 2.75) is 32.0 Å². The van der Waals surface area contributed by atoms with E-state index in [9.17, 15) is 10.2 Å². The zero-order valence-electron chi connectivity index (χ0n) is 9.93. The number of rotatable bonds is 4. The maximum atomic E-state index is 9.52. The van der Waals surface area contributed by atoms with Gasteiger partial charge in [-0.2, -0.15) is 0 Å². The van der Waals surface area contributed by atoms with E-state index in [0.29, 0.717) is 26.1 Å². The lowest BCUT2D eigenvalue weighted by Gasteiger charge is -2.19. The lowest BCUT2D eigenvalue weighted by molar-refractivity contribution is 0.0265. The van der Waals surface area contributed by atoms with Crippen molar-refractivity contribution in [2.24, 2.45) is 0 Å². The van der Waals surface area contributed by atoms with Crippen LogP contribution in [-0.4, -0.2) is 35.6 Å². The summed E-state index contributed by atoms with van der Waals surface area (Å²) < 4.78 is 10.9. The minimum absolute atomic E-state index is 0.539. The molecule has 4 heteroatoms. The average molecular weight is 238 g/mol. The third kappa shape index (κ3) is 3.11. The summed E-state index contributed by atoms with van der Waals surface area (Å²) in [5.41, 5.74) is 1.08. The molecule has 94 valence electrons. The number of hydrogen-bond donors (Lipinski definition) is 2. The Morgan fingerprint density at radius 2 is 1.88 bits per heavy atom. The van der Waals surface area contributed by atoms with E-state index >= 15 is 0 Å². The zero-order chi connectivity index (χ0) is 12.3. The Morgan fingerprint density at radius 3 is 2.59 bits per heavy atom. The Morgan fingerprint density at radius 1 is 1.18 bits per heavy atom. The minimum Gasteiger partial charge on any atom is -0.486 e. The van der Waals surface area contributed by atoms with E-state index in [0.717, 1.165) is 17.1 Å². The third-order valence-electron chi connectivity index (χ3n) is 2.89. The molecule has 0 bridgehead atoms. The molecule has 2 rings (SSSR count). The Hall–Kier alpha value is -1.26. The lowest BCUT2D eigenvalue weighted by atomic mass is 10.0. The first-order chi connectivity index (χ1) is 8.16. The molecule has 2 unspecified atom stereocenters. The molecule has 1 aromatic rings. The Balaban J connectivity index is 1.97. The fraction of sp³-hybridized carbons (Fsp3) is 0.538. The van der Waals surface area contributed by atoms with Gasteiger partial charge in [0.1, 0.15) is 13.2 Å². The number of ether oxygens (including phenoxy) is 2. The van der Waals surface area contributed by atoms with Crippen LogP contribution in [0.4, 0.5) is 0 Å². The highest BCUT2D eigenvalue weighted by molar-refractivity contribution is 5.43. The van der Waals surface area contributed by atoms with E-state index in [-0.39, 0.29) is 0 Å². The van der Waals surface area contributed by atoms with Crippen molar-refractivity contribution in [3.05, 3.63) is 23.8 Å². The van der Waals surface area contributed by atoms with Gasteiger partial charge in [0, 0.05) is 0 Å². The van der Waals surface area contributed by atoms with Gasteiger partial charge in [-0.05, 0) is 37.5 Å². The second-order valence-corrected chi connectivity index (χ2v) is 4.32. The number of aliphatic hydroxyl groups excluding tert-OH is 2. The van der Waals surface area contributed by atoms with Crippen molar-refractivity contribution >= 4 is 0 Å². The summed E-state index contributed by atoms with van der Waals surface area (Å²) in [6.45, 7) is 2.76. The highest BCUT2D eigenvalue weighted by Gasteiger charge is 2.14. The standard InChI is InChI=1S/C13H18O4/c1-9(14)11(15)4-2-10-3-5-12-13(8-10)17-7-6-16-12/h3,5,8-9,11,14-15H,2,4,6-7H2,1H3. The van der Waals surface area contributed by atoms with Crippen LogP contribution in [0, 0.1) is 0 Å². The normalized spacial score (nSPS) is 17.6. The largest absolute Gasteiger partial charge is 0.486 e. The molecule has 1 aliphatic rings. The van der Waals surface area contributed by atoms with Crippen LogP contribution < -0.4 is 9.47 Å². The van der Waals surface area contributed by atoms with E-state index < -0.39 is 12.2 Å². The summed E-state index contributed by atoms with van der Waals surface area (Å²) in [4.78, 5) is 0. The summed E-state index contributed by atoms with van der Waals surface area (Å²) in [6, 6.07) is 5.78. The second kappa shape index (κ2) is 5.38. The van der Waals surface area contributed by atoms with Crippen LogP contribution in [0.1, 0.15) is 18.9 Å². The van der Waals surface area contributed by atoms with Gasteiger partial charge in [-0.3, -0.25) is 0 Å². The second-order valence-electron chi connectivity index (χ2n) is 4.32. The van der Waals surface area contributed by atoms with E-state index in [1.807, 2.05) is 18.2 Å². The van der Waals surface area contributed by atoms with Gasteiger partial charge in [-0.15, -0.1) is 0 Å². The van der Waals surface area contributed by atoms with Gasteiger partial charge in [0.2, 0.25) is 0 Å². The molecule has 2 N–H and O–H groups in total. The molecular formula is C13H18O4. The highest BCUT2D eigenvalue weighted by atomic mass is 16.6. The Kier molecular flexibility index (Phi) is 3.86. The summed E-state index contributed by atoms with van der Waals surface area (Å²) in [5.74, 6) is 1.54. The Labute approximate surface area is 101 Å². The molecule has 0 aromatic heterocycles. The van der Waals surface area contributed by atoms with E-state index in [2.05, 4.69) is 0 Å². The molecule has 0 amide bonds. The quantitative estimate of drug-likeness (QED) is 0.825. The predicted octanol–water partition coefficient (Wildman–Crippen LogP) is 1.13. The molecule has 0 fully saturated rings. The van der Waals surface area contributed by atoms with Crippen LogP contribution in [0.25, 0.3) is 0 Å². The molecule has 4 nitrogen and oxygen atoms in total. The van der Waals surface area contributed by atoms with Gasteiger partial charge in [0.05, 0.1) is 12.2 Å². The number of benzene rings is 1. The molecule has 2 atom stereocenters. The van der Waals surface area contributed by atoms with Crippen LogP contribution in [0.2, 0.25) is 0 Å². The first-order valence-corrected chi connectivity index (χ1v) is 5.91. The van der Waals surface area contributed by atoms with Crippen molar-refractivity contribution in [3.8, 4) is 11.5 Å². The third-order valence-corrected chi connectivity index (χ3v) is 2.89. The van der Waals surface area contributed by atoms with Crippen LogP contribution >= 0.6 is 0 Å². The maximum Gasteiger partial charge on any atom is 0.161 e. The van der Waals surface area contributed by atoms with Crippen LogP contribution in [-0.2, 0) is 6.42 Å². The van der Waals surface area contributed by atoms with Crippen LogP contribution in [0.5, 0.6) is 11.5 Å². The fourth-order valence-corrected chi connectivity index (χ4v) is 1.80. The maximum absolute atomic E-state index is 9.52. The summed E-state index contributed by atoms with van der Waals surface area (Å²) in [5, 5.41) is 18.7. The molecular weight excluding hydrogens is 220 g/mol. The monoisotopic (exact) mass is 238 g/mol. The fourth-order valence-electron chi connectivity index (χ4n) is 1.80. The molecule has 1 aromatic carbocycles. The van der Waals surface area contributed by atoms with Crippen molar-refractivity contribution in [2.75, 3.05) is 13.2 Å². The molecule has 0 aliphatic carbocycles. The molecule has 1 heterocycles. The van der Waals surface area contributed by atoms with Gasteiger partial charge < -0.3 is 19.7 Å². The van der Waals surface area contributed by atoms with Crippen molar-refractivity contribution in [3.63, 3.8) is 0 Å². The highest BCUT2D eigenvalue weighted by Crippen LogP contribution is 2.31. The number of aryl methyl sites for hydroxylation is 1.